The van der Waals surface area contributed by atoms with E-state index in [9.17, 15) is 0 Å². The molecule has 90 valence electrons. The van der Waals surface area contributed by atoms with Gasteiger partial charge in [0.05, 0.1) is 11.4 Å². The number of nitrogen functional groups attached to an aromatic ring is 1. The van der Waals surface area contributed by atoms with Crippen LogP contribution in [0.4, 0.5) is 11.4 Å². The maximum atomic E-state index is 6.20. The lowest BCUT2D eigenvalue weighted by Crippen LogP contribution is -2.27. The van der Waals surface area contributed by atoms with Gasteiger partial charge in [-0.25, -0.2) is 0 Å². The van der Waals surface area contributed by atoms with Crippen LogP contribution in [-0.4, -0.2) is 32.2 Å². The lowest BCUT2D eigenvalue weighted by molar-refractivity contribution is 0.768. The molecular formula is C13H18N4. The van der Waals surface area contributed by atoms with Crippen molar-refractivity contribution in [1.82, 2.24) is 10.3 Å². The number of likely N-dealkylation sites (N-methyl/N-ethyl adjacent to an activating group) is 2. The van der Waals surface area contributed by atoms with Gasteiger partial charge in [-0.05, 0) is 19.2 Å². The van der Waals surface area contributed by atoms with E-state index in [-0.39, 0.29) is 0 Å². The van der Waals surface area contributed by atoms with Gasteiger partial charge in [-0.3, -0.25) is 4.98 Å². The van der Waals surface area contributed by atoms with Crippen molar-refractivity contribution in [2.75, 3.05) is 37.8 Å². The van der Waals surface area contributed by atoms with E-state index in [1.54, 1.807) is 6.20 Å². The van der Waals surface area contributed by atoms with Crippen LogP contribution in [0.25, 0.3) is 10.8 Å². The first-order valence-electron chi connectivity index (χ1n) is 5.72. The van der Waals surface area contributed by atoms with Crippen LogP contribution >= 0.6 is 0 Å². The molecule has 0 amide bonds. The highest BCUT2D eigenvalue weighted by Gasteiger charge is 2.07. The molecule has 2 rings (SSSR count). The largest absolute Gasteiger partial charge is 0.397 e. The Kier molecular flexibility index (Phi) is 3.44. The first-order chi connectivity index (χ1) is 8.24. The minimum absolute atomic E-state index is 0.823. The molecule has 0 saturated heterocycles. The monoisotopic (exact) mass is 230 g/mol. The summed E-state index contributed by atoms with van der Waals surface area (Å²) in [5.41, 5.74) is 8.09. The minimum Gasteiger partial charge on any atom is -0.397 e. The third-order valence-electron chi connectivity index (χ3n) is 2.95. The van der Waals surface area contributed by atoms with E-state index < -0.39 is 0 Å². The third-order valence-corrected chi connectivity index (χ3v) is 2.95. The van der Waals surface area contributed by atoms with Gasteiger partial charge in [-0.15, -0.1) is 0 Å². The summed E-state index contributed by atoms with van der Waals surface area (Å²) < 4.78 is 0. The first-order valence-corrected chi connectivity index (χ1v) is 5.72. The molecule has 0 unspecified atom stereocenters. The summed E-state index contributed by atoms with van der Waals surface area (Å²) in [5.74, 6) is 0. The van der Waals surface area contributed by atoms with Crippen LogP contribution in [0.1, 0.15) is 0 Å². The molecule has 0 saturated carbocycles. The van der Waals surface area contributed by atoms with Gasteiger partial charge in [0.15, 0.2) is 0 Å². The van der Waals surface area contributed by atoms with E-state index in [0.717, 1.165) is 35.2 Å². The minimum atomic E-state index is 0.823. The van der Waals surface area contributed by atoms with E-state index in [1.807, 2.05) is 19.3 Å². The molecule has 0 bridgehead atoms. The highest BCUT2D eigenvalue weighted by atomic mass is 15.1. The summed E-state index contributed by atoms with van der Waals surface area (Å²) in [6.07, 6.45) is 3.61. The number of fused-ring (bicyclic) bond motifs is 1. The number of benzene rings is 1. The average molecular weight is 230 g/mol. The third kappa shape index (κ3) is 2.31. The topological polar surface area (TPSA) is 54.2 Å². The van der Waals surface area contributed by atoms with Crippen molar-refractivity contribution in [3.05, 3.63) is 30.6 Å². The predicted octanol–water partition coefficient (Wildman–Crippen LogP) is 1.47. The molecule has 0 aliphatic heterocycles. The number of hydrogen-bond donors (Lipinski definition) is 2. The Morgan fingerprint density at radius 3 is 2.94 bits per heavy atom. The standard InChI is InChI=1S/C13H18N4/c1-15-7-8-17(2)12-4-3-10-9-16-6-5-11(10)13(12)14/h3-6,9,15H,7-8,14H2,1-2H3. The highest BCUT2D eigenvalue weighted by Crippen LogP contribution is 2.29. The fourth-order valence-corrected chi connectivity index (χ4v) is 1.91. The highest BCUT2D eigenvalue weighted by molar-refractivity contribution is 5.98. The van der Waals surface area contributed by atoms with E-state index in [2.05, 4.69) is 34.4 Å². The molecule has 0 aliphatic carbocycles. The molecule has 0 atom stereocenters. The summed E-state index contributed by atoms with van der Waals surface area (Å²) in [7, 11) is 4.00. The molecule has 1 heterocycles. The van der Waals surface area contributed by atoms with Crippen LogP contribution in [0.15, 0.2) is 30.6 Å². The van der Waals surface area contributed by atoms with Gasteiger partial charge in [0.1, 0.15) is 0 Å². The smallest absolute Gasteiger partial charge is 0.0632 e. The normalized spacial score (nSPS) is 10.7. The fraction of sp³-hybridized carbons (Fsp3) is 0.308. The number of anilines is 2. The molecule has 17 heavy (non-hydrogen) atoms. The molecule has 3 N–H and O–H groups in total. The molecule has 4 heteroatoms. The lowest BCUT2D eigenvalue weighted by atomic mass is 10.1. The molecule has 1 aromatic carbocycles. The molecular weight excluding hydrogens is 212 g/mol. The Morgan fingerprint density at radius 1 is 1.35 bits per heavy atom. The Bertz CT molecular complexity index is 510. The SMILES string of the molecule is CNCCN(C)c1ccc2cnccc2c1N. The van der Waals surface area contributed by atoms with Gasteiger partial charge in [0.2, 0.25) is 0 Å². The van der Waals surface area contributed by atoms with Crippen LogP contribution in [0.5, 0.6) is 0 Å². The number of rotatable bonds is 4. The second-order valence-electron chi connectivity index (χ2n) is 4.12. The number of nitrogens with zero attached hydrogens (tertiary/aromatic N) is 2. The maximum Gasteiger partial charge on any atom is 0.0632 e. The van der Waals surface area contributed by atoms with Gasteiger partial charge >= 0.3 is 0 Å². The molecule has 1 aromatic heterocycles. The zero-order chi connectivity index (χ0) is 12.3. The van der Waals surface area contributed by atoms with Gasteiger partial charge in [0, 0.05) is 43.3 Å². The number of hydrogen-bond acceptors (Lipinski definition) is 4. The lowest BCUT2D eigenvalue weighted by Gasteiger charge is -2.21. The number of pyridine rings is 1. The summed E-state index contributed by atoms with van der Waals surface area (Å²) in [6.45, 7) is 1.86. The van der Waals surface area contributed by atoms with E-state index in [1.165, 1.54) is 0 Å². The number of nitrogens with one attached hydrogen (secondary N) is 1. The Morgan fingerprint density at radius 2 is 2.18 bits per heavy atom. The zero-order valence-corrected chi connectivity index (χ0v) is 10.3. The van der Waals surface area contributed by atoms with Crippen molar-refractivity contribution in [1.29, 1.82) is 0 Å². The average Bonchev–Trinajstić information content (AvgIpc) is 2.37. The Labute approximate surface area is 101 Å². The summed E-state index contributed by atoms with van der Waals surface area (Å²) in [5, 5.41) is 5.28. The molecule has 0 aliphatic rings. The quantitative estimate of drug-likeness (QED) is 0.781. The van der Waals surface area contributed by atoms with E-state index >= 15 is 0 Å². The van der Waals surface area contributed by atoms with Crippen molar-refractivity contribution in [3.8, 4) is 0 Å². The molecule has 0 spiro atoms. The van der Waals surface area contributed by atoms with Gasteiger partial charge in [-0.2, -0.15) is 0 Å². The van der Waals surface area contributed by atoms with Crippen LogP contribution in [0.2, 0.25) is 0 Å². The van der Waals surface area contributed by atoms with Gasteiger partial charge in [-0.1, -0.05) is 6.07 Å². The van der Waals surface area contributed by atoms with Crippen molar-refractivity contribution >= 4 is 22.1 Å². The van der Waals surface area contributed by atoms with Gasteiger partial charge < -0.3 is 16.0 Å². The molecule has 0 radical (unpaired) electrons. The summed E-state index contributed by atoms with van der Waals surface area (Å²) >= 11 is 0. The number of aromatic nitrogens is 1. The van der Waals surface area contributed by atoms with Crippen molar-refractivity contribution in [2.24, 2.45) is 0 Å². The Balaban J connectivity index is 2.38. The van der Waals surface area contributed by atoms with Crippen molar-refractivity contribution in [2.45, 2.75) is 0 Å². The van der Waals surface area contributed by atoms with Crippen LogP contribution in [0, 0.1) is 0 Å². The van der Waals surface area contributed by atoms with Crippen LogP contribution < -0.4 is 16.0 Å². The Hall–Kier alpha value is -1.81. The second kappa shape index (κ2) is 5.01. The predicted molar refractivity (Wildman–Crippen MR) is 73.4 cm³/mol. The zero-order valence-electron chi connectivity index (χ0n) is 10.3. The van der Waals surface area contributed by atoms with Crippen LogP contribution in [0.3, 0.4) is 0 Å². The molecule has 4 nitrogen and oxygen atoms in total. The fourth-order valence-electron chi connectivity index (χ4n) is 1.91. The van der Waals surface area contributed by atoms with E-state index in [0.29, 0.717) is 0 Å². The van der Waals surface area contributed by atoms with Crippen molar-refractivity contribution < 1.29 is 0 Å². The molecule has 2 aromatic rings. The molecule has 0 fully saturated rings. The maximum absolute atomic E-state index is 6.20. The van der Waals surface area contributed by atoms with Gasteiger partial charge in [0.25, 0.3) is 0 Å². The van der Waals surface area contributed by atoms with Crippen molar-refractivity contribution in [3.63, 3.8) is 0 Å². The first kappa shape index (κ1) is 11.7. The van der Waals surface area contributed by atoms with E-state index in [4.69, 9.17) is 5.73 Å². The second-order valence-corrected chi connectivity index (χ2v) is 4.12. The summed E-state index contributed by atoms with van der Waals surface area (Å²) in [4.78, 5) is 6.26. The summed E-state index contributed by atoms with van der Waals surface area (Å²) in [6, 6.07) is 6.07. The number of nitrogens with two attached hydrogens (primary N) is 1. The van der Waals surface area contributed by atoms with Crippen LogP contribution in [-0.2, 0) is 0 Å².